The lowest BCUT2D eigenvalue weighted by Crippen LogP contribution is -2.12. The van der Waals surface area contributed by atoms with E-state index in [2.05, 4.69) is 20.6 Å². The second-order valence-corrected chi connectivity index (χ2v) is 6.51. The van der Waals surface area contributed by atoms with Crippen molar-refractivity contribution in [2.75, 3.05) is 12.4 Å². The Morgan fingerprint density at radius 2 is 1.90 bits per heavy atom. The molecule has 2 aromatic heterocycles. The van der Waals surface area contributed by atoms with Crippen LogP contribution in [0.2, 0.25) is 0 Å². The summed E-state index contributed by atoms with van der Waals surface area (Å²) in [6, 6.07) is 15.2. The summed E-state index contributed by atoms with van der Waals surface area (Å²) < 4.78 is 6.60. The van der Waals surface area contributed by atoms with Gasteiger partial charge in [-0.1, -0.05) is 11.3 Å². The van der Waals surface area contributed by atoms with E-state index >= 15 is 0 Å². The molecule has 0 saturated heterocycles. The minimum absolute atomic E-state index is 0.0857. The molecule has 4 aromatic rings. The van der Waals surface area contributed by atoms with Crippen molar-refractivity contribution < 1.29 is 19.4 Å². The van der Waals surface area contributed by atoms with Crippen LogP contribution in [-0.2, 0) is 0 Å². The largest absolute Gasteiger partial charge is 0.497 e. The molecule has 0 unspecified atom stereocenters. The number of ether oxygens (including phenoxy) is 1. The molecule has 9 nitrogen and oxygen atoms in total. The van der Waals surface area contributed by atoms with Crippen molar-refractivity contribution in [2.45, 2.75) is 0 Å². The summed E-state index contributed by atoms with van der Waals surface area (Å²) >= 11 is 0. The summed E-state index contributed by atoms with van der Waals surface area (Å²) in [6.07, 6.45) is 4.45. The predicted octanol–water partition coefficient (Wildman–Crippen LogP) is 3.29. The monoisotopic (exact) mass is 415 g/mol. The van der Waals surface area contributed by atoms with Crippen molar-refractivity contribution in [3.05, 3.63) is 84.3 Å². The van der Waals surface area contributed by atoms with Crippen LogP contribution in [0.4, 0.5) is 5.69 Å². The van der Waals surface area contributed by atoms with Gasteiger partial charge in [-0.2, -0.15) is 0 Å². The number of methoxy groups -OCH3 is 1. The first kappa shape index (κ1) is 19.8. The molecule has 0 aliphatic carbocycles. The van der Waals surface area contributed by atoms with E-state index in [0.717, 1.165) is 0 Å². The second kappa shape index (κ2) is 8.46. The van der Waals surface area contributed by atoms with Gasteiger partial charge >= 0.3 is 5.97 Å². The highest BCUT2D eigenvalue weighted by atomic mass is 16.5. The zero-order valence-corrected chi connectivity index (χ0v) is 16.4. The summed E-state index contributed by atoms with van der Waals surface area (Å²) in [5.74, 6) is -0.670. The van der Waals surface area contributed by atoms with E-state index in [9.17, 15) is 14.7 Å². The molecule has 1 amide bonds. The standard InChI is InChI=1S/C22H17N5O4/c1-31-17-7-5-14(6-8-17)21(28)24-15-3-2-4-16(11-15)27-13-20(25-26-27)19-12-23-10-9-18(19)22(29)30/h2-13H,1H3,(H,24,28)(H,29,30). The van der Waals surface area contributed by atoms with Crippen LogP contribution in [0.5, 0.6) is 5.75 Å². The molecule has 0 saturated carbocycles. The van der Waals surface area contributed by atoms with Gasteiger partial charge in [-0.3, -0.25) is 9.78 Å². The van der Waals surface area contributed by atoms with Crippen LogP contribution in [0.15, 0.2) is 73.2 Å². The van der Waals surface area contributed by atoms with Crippen molar-refractivity contribution >= 4 is 17.6 Å². The first-order valence-corrected chi connectivity index (χ1v) is 9.21. The number of carbonyl (C=O) groups excluding carboxylic acids is 1. The van der Waals surface area contributed by atoms with Crippen molar-refractivity contribution in [2.24, 2.45) is 0 Å². The molecule has 9 heteroatoms. The maximum atomic E-state index is 12.5. The van der Waals surface area contributed by atoms with E-state index in [0.29, 0.717) is 33.9 Å². The van der Waals surface area contributed by atoms with Gasteiger partial charge in [-0.05, 0) is 48.5 Å². The molecule has 2 heterocycles. The lowest BCUT2D eigenvalue weighted by atomic mass is 10.1. The normalized spacial score (nSPS) is 10.5. The fourth-order valence-electron chi connectivity index (χ4n) is 2.97. The van der Waals surface area contributed by atoms with Gasteiger partial charge in [0.2, 0.25) is 0 Å². The summed E-state index contributed by atoms with van der Waals surface area (Å²) in [5, 5.41) is 20.4. The number of amides is 1. The number of aromatic carboxylic acids is 1. The number of rotatable bonds is 6. The molecule has 31 heavy (non-hydrogen) atoms. The summed E-state index contributed by atoms with van der Waals surface area (Å²) in [5.41, 5.74) is 2.54. The Balaban J connectivity index is 1.56. The zero-order valence-electron chi connectivity index (χ0n) is 16.4. The van der Waals surface area contributed by atoms with Gasteiger partial charge in [0.25, 0.3) is 5.91 Å². The number of hydrogen-bond donors (Lipinski definition) is 2. The molecule has 2 aromatic carbocycles. The van der Waals surface area contributed by atoms with Crippen molar-refractivity contribution in [1.82, 2.24) is 20.0 Å². The summed E-state index contributed by atoms with van der Waals surface area (Å²) in [4.78, 5) is 27.9. The Hall–Kier alpha value is -4.53. The van der Waals surface area contributed by atoms with E-state index in [1.807, 2.05) is 0 Å². The van der Waals surface area contributed by atoms with E-state index in [1.54, 1.807) is 61.8 Å². The first-order valence-electron chi connectivity index (χ1n) is 9.21. The Bertz CT molecular complexity index is 1250. The lowest BCUT2D eigenvalue weighted by molar-refractivity contribution is 0.0697. The third-order valence-electron chi connectivity index (χ3n) is 4.54. The minimum Gasteiger partial charge on any atom is -0.497 e. The number of anilines is 1. The summed E-state index contributed by atoms with van der Waals surface area (Å²) in [7, 11) is 1.56. The van der Waals surface area contributed by atoms with Gasteiger partial charge in [0.1, 0.15) is 11.4 Å². The van der Waals surface area contributed by atoms with Gasteiger partial charge in [0.05, 0.1) is 24.6 Å². The Kier molecular flexibility index (Phi) is 5.39. The van der Waals surface area contributed by atoms with Gasteiger partial charge in [0.15, 0.2) is 0 Å². The van der Waals surface area contributed by atoms with Crippen LogP contribution in [-0.4, -0.2) is 44.1 Å². The molecule has 0 atom stereocenters. The number of nitrogens with one attached hydrogen (secondary N) is 1. The van der Waals surface area contributed by atoms with Gasteiger partial charge in [-0.15, -0.1) is 5.10 Å². The van der Waals surface area contributed by atoms with Crippen molar-refractivity contribution in [1.29, 1.82) is 0 Å². The number of carbonyl (C=O) groups is 2. The molecular formula is C22H17N5O4. The van der Waals surface area contributed by atoms with E-state index < -0.39 is 5.97 Å². The van der Waals surface area contributed by atoms with Crippen LogP contribution in [0.25, 0.3) is 16.9 Å². The molecule has 0 spiro atoms. The fourth-order valence-corrected chi connectivity index (χ4v) is 2.97. The number of nitrogens with zero attached hydrogens (tertiary/aromatic N) is 4. The molecule has 4 rings (SSSR count). The molecule has 0 aliphatic rings. The van der Waals surface area contributed by atoms with Gasteiger partial charge < -0.3 is 15.2 Å². The van der Waals surface area contributed by atoms with Crippen LogP contribution >= 0.6 is 0 Å². The smallest absolute Gasteiger partial charge is 0.336 e. The third kappa shape index (κ3) is 4.25. The zero-order chi connectivity index (χ0) is 21.8. The quantitative estimate of drug-likeness (QED) is 0.496. The number of carboxylic acid groups (broad SMARTS) is 1. The highest BCUT2D eigenvalue weighted by Gasteiger charge is 2.15. The SMILES string of the molecule is COc1ccc(C(=O)Nc2cccc(-n3cc(-c4cnccc4C(=O)O)nn3)c2)cc1. The Morgan fingerprint density at radius 1 is 1.10 bits per heavy atom. The fraction of sp³-hybridized carbons (Fsp3) is 0.0455. The Labute approximate surface area is 176 Å². The molecule has 0 bridgehead atoms. The maximum absolute atomic E-state index is 12.5. The van der Waals surface area contributed by atoms with E-state index in [1.165, 1.54) is 23.1 Å². The number of aromatic nitrogens is 4. The number of hydrogen-bond acceptors (Lipinski definition) is 6. The van der Waals surface area contributed by atoms with Gasteiger partial charge in [0, 0.05) is 29.2 Å². The molecule has 0 fully saturated rings. The average molecular weight is 415 g/mol. The highest BCUT2D eigenvalue weighted by Crippen LogP contribution is 2.22. The first-order chi connectivity index (χ1) is 15.0. The van der Waals surface area contributed by atoms with E-state index in [-0.39, 0.29) is 11.5 Å². The topological polar surface area (TPSA) is 119 Å². The lowest BCUT2D eigenvalue weighted by Gasteiger charge is -2.08. The summed E-state index contributed by atoms with van der Waals surface area (Å²) in [6.45, 7) is 0. The maximum Gasteiger partial charge on any atom is 0.336 e. The highest BCUT2D eigenvalue weighted by molar-refractivity contribution is 6.04. The number of benzene rings is 2. The second-order valence-electron chi connectivity index (χ2n) is 6.51. The van der Waals surface area contributed by atoms with Crippen molar-refractivity contribution in [3.63, 3.8) is 0 Å². The third-order valence-corrected chi connectivity index (χ3v) is 4.54. The molecule has 2 N–H and O–H groups in total. The van der Waals surface area contributed by atoms with Crippen LogP contribution in [0.1, 0.15) is 20.7 Å². The molecule has 0 radical (unpaired) electrons. The predicted molar refractivity (Wildman–Crippen MR) is 112 cm³/mol. The Morgan fingerprint density at radius 3 is 2.65 bits per heavy atom. The number of pyridine rings is 1. The molecular weight excluding hydrogens is 398 g/mol. The van der Waals surface area contributed by atoms with Crippen molar-refractivity contribution in [3.8, 4) is 22.7 Å². The minimum atomic E-state index is -1.07. The van der Waals surface area contributed by atoms with Gasteiger partial charge in [-0.25, -0.2) is 9.48 Å². The van der Waals surface area contributed by atoms with E-state index in [4.69, 9.17) is 4.74 Å². The van der Waals surface area contributed by atoms with Crippen LogP contribution in [0, 0.1) is 0 Å². The van der Waals surface area contributed by atoms with Crippen LogP contribution < -0.4 is 10.1 Å². The van der Waals surface area contributed by atoms with Crippen LogP contribution in [0.3, 0.4) is 0 Å². The average Bonchev–Trinajstić information content (AvgIpc) is 3.29. The molecule has 0 aliphatic heterocycles. The molecule has 154 valence electrons. The number of carboxylic acids is 1.